The standard InChI is InChI=1S/C17H26N2O/c1-13-4-3-5-15(10-13)6-7-17(20)19-12-16-11-18-9-8-14(16)2/h3-5,10,14,16,18H,6-9,11-12H2,1-2H3,(H,19,20). The van der Waals surface area contributed by atoms with Gasteiger partial charge >= 0.3 is 0 Å². The number of nitrogens with one attached hydrogen (secondary N) is 2. The maximum atomic E-state index is 11.9. The van der Waals surface area contributed by atoms with E-state index in [-0.39, 0.29) is 5.91 Å². The zero-order chi connectivity index (χ0) is 14.4. The summed E-state index contributed by atoms with van der Waals surface area (Å²) in [6, 6.07) is 8.38. The molecule has 1 saturated heterocycles. The van der Waals surface area contributed by atoms with E-state index >= 15 is 0 Å². The lowest BCUT2D eigenvalue weighted by Gasteiger charge is -2.29. The van der Waals surface area contributed by atoms with Crippen LogP contribution < -0.4 is 10.6 Å². The van der Waals surface area contributed by atoms with Crippen molar-refractivity contribution in [1.29, 1.82) is 0 Å². The molecule has 0 aromatic heterocycles. The van der Waals surface area contributed by atoms with E-state index in [2.05, 4.69) is 48.7 Å². The predicted octanol–water partition coefficient (Wildman–Crippen LogP) is 2.29. The van der Waals surface area contributed by atoms with Crippen molar-refractivity contribution in [2.45, 2.75) is 33.1 Å². The molecule has 1 amide bonds. The fourth-order valence-corrected chi connectivity index (χ4v) is 2.79. The maximum Gasteiger partial charge on any atom is 0.220 e. The molecule has 20 heavy (non-hydrogen) atoms. The van der Waals surface area contributed by atoms with Crippen LogP contribution in [0.4, 0.5) is 0 Å². The van der Waals surface area contributed by atoms with Crippen LogP contribution in [0.15, 0.2) is 24.3 Å². The number of carbonyl (C=O) groups is 1. The third kappa shape index (κ3) is 4.64. The van der Waals surface area contributed by atoms with Gasteiger partial charge in [-0.25, -0.2) is 0 Å². The second kappa shape index (κ2) is 7.44. The zero-order valence-corrected chi connectivity index (χ0v) is 12.6. The third-order valence-corrected chi connectivity index (χ3v) is 4.27. The second-order valence-corrected chi connectivity index (χ2v) is 6.02. The molecule has 1 heterocycles. The average Bonchev–Trinajstić information content (AvgIpc) is 2.44. The quantitative estimate of drug-likeness (QED) is 0.865. The number of benzene rings is 1. The van der Waals surface area contributed by atoms with E-state index in [9.17, 15) is 4.79 Å². The Kier molecular flexibility index (Phi) is 5.60. The summed E-state index contributed by atoms with van der Waals surface area (Å²) in [6.45, 7) is 7.31. The number of piperidine rings is 1. The molecular weight excluding hydrogens is 248 g/mol. The van der Waals surface area contributed by atoms with E-state index < -0.39 is 0 Å². The molecule has 3 nitrogen and oxygen atoms in total. The van der Waals surface area contributed by atoms with Crippen LogP contribution in [0.1, 0.15) is 30.9 Å². The molecule has 0 bridgehead atoms. The van der Waals surface area contributed by atoms with E-state index in [4.69, 9.17) is 0 Å². The van der Waals surface area contributed by atoms with Crippen LogP contribution >= 0.6 is 0 Å². The number of hydrogen-bond donors (Lipinski definition) is 2. The molecule has 2 unspecified atom stereocenters. The lowest BCUT2D eigenvalue weighted by Crippen LogP contribution is -2.42. The van der Waals surface area contributed by atoms with Crippen molar-refractivity contribution in [2.24, 2.45) is 11.8 Å². The van der Waals surface area contributed by atoms with E-state index in [1.165, 1.54) is 17.5 Å². The number of rotatable bonds is 5. The molecular formula is C17H26N2O. The number of carbonyl (C=O) groups excluding carboxylic acids is 1. The lowest BCUT2D eigenvalue weighted by molar-refractivity contribution is -0.121. The topological polar surface area (TPSA) is 41.1 Å². The minimum Gasteiger partial charge on any atom is -0.356 e. The van der Waals surface area contributed by atoms with Crippen molar-refractivity contribution < 1.29 is 4.79 Å². The van der Waals surface area contributed by atoms with E-state index in [0.29, 0.717) is 18.3 Å². The Bertz CT molecular complexity index is 444. The van der Waals surface area contributed by atoms with Crippen molar-refractivity contribution in [3.8, 4) is 0 Å². The SMILES string of the molecule is Cc1cccc(CCC(=O)NCC2CNCCC2C)c1. The third-order valence-electron chi connectivity index (χ3n) is 4.27. The molecule has 1 aliphatic heterocycles. The van der Waals surface area contributed by atoms with E-state index in [1.807, 2.05) is 0 Å². The average molecular weight is 274 g/mol. The lowest BCUT2D eigenvalue weighted by atomic mass is 9.88. The van der Waals surface area contributed by atoms with Crippen LogP contribution in [0.25, 0.3) is 0 Å². The molecule has 1 fully saturated rings. The second-order valence-electron chi connectivity index (χ2n) is 6.02. The number of hydrogen-bond acceptors (Lipinski definition) is 2. The summed E-state index contributed by atoms with van der Waals surface area (Å²) in [5.74, 6) is 1.45. The number of amides is 1. The first-order chi connectivity index (χ1) is 9.65. The Morgan fingerprint density at radius 3 is 3.05 bits per heavy atom. The predicted molar refractivity (Wildman–Crippen MR) is 82.7 cm³/mol. The first-order valence-electron chi connectivity index (χ1n) is 7.68. The molecule has 0 aliphatic carbocycles. The normalized spacial score (nSPS) is 22.5. The van der Waals surface area contributed by atoms with Gasteiger partial charge in [-0.3, -0.25) is 4.79 Å². The Morgan fingerprint density at radius 1 is 1.45 bits per heavy atom. The fraction of sp³-hybridized carbons (Fsp3) is 0.588. The van der Waals surface area contributed by atoms with Crippen molar-refractivity contribution in [3.63, 3.8) is 0 Å². The van der Waals surface area contributed by atoms with Gasteiger partial charge in [-0.1, -0.05) is 36.8 Å². The summed E-state index contributed by atoms with van der Waals surface area (Å²) in [4.78, 5) is 11.9. The van der Waals surface area contributed by atoms with Crippen molar-refractivity contribution >= 4 is 5.91 Å². The Hall–Kier alpha value is -1.35. The minimum atomic E-state index is 0.171. The van der Waals surface area contributed by atoms with Gasteiger partial charge in [0.25, 0.3) is 0 Å². The van der Waals surface area contributed by atoms with E-state index in [0.717, 1.165) is 26.1 Å². The van der Waals surface area contributed by atoms with Gasteiger partial charge in [0.05, 0.1) is 0 Å². The monoisotopic (exact) mass is 274 g/mol. The summed E-state index contributed by atoms with van der Waals surface area (Å²) in [5.41, 5.74) is 2.50. The summed E-state index contributed by atoms with van der Waals surface area (Å²) >= 11 is 0. The largest absolute Gasteiger partial charge is 0.356 e. The molecule has 1 aromatic rings. The molecule has 0 spiro atoms. The molecule has 110 valence electrons. The van der Waals surface area contributed by atoms with Gasteiger partial charge in [-0.2, -0.15) is 0 Å². The Balaban J connectivity index is 1.70. The Labute approximate surface area is 122 Å². The van der Waals surface area contributed by atoms with Crippen LogP contribution in [0.5, 0.6) is 0 Å². The highest BCUT2D eigenvalue weighted by Crippen LogP contribution is 2.17. The van der Waals surface area contributed by atoms with Crippen LogP contribution in [-0.2, 0) is 11.2 Å². The van der Waals surface area contributed by atoms with Crippen LogP contribution in [0.3, 0.4) is 0 Å². The summed E-state index contributed by atoms with van der Waals surface area (Å²) in [5, 5.41) is 6.49. The van der Waals surface area contributed by atoms with Crippen LogP contribution in [0.2, 0.25) is 0 Å². The smallest absolute Gasteiger partial charge is 0.220 e. The van der Waals surface area contributed by atoms with E-state index in [1.54, 1.807) is 0 Å². The molecule has 0 radical (unpaired) electrons. The van der Waals surface area contributed by atoms with Gasteiger partial charge < -0.3 is 10.6 Å². The summed E-state index contributed by atoms with van der Waals surface area (Å²) in [6.07, 6.45) is 2.62. The molecule has 3 heteroatoms. The zero-order valence-electron chi connectivity index (χ0n) is 12.6. The molecule has 0 saturated carbocycles. The highest BCUT2D eigenvalue weighted by atomic mass is 16.1. The minimum absolute atomic E-state index is 0.171. The van der Waals surface area contributed by atoms with Gasteiger partial charge in [0.15, 0.2) is 0 Å². The van der Waals surface area contributed by atoms with Crippen molar-refractivity contribution in [1.82, 2.24) is 10.6 Å². The van der Waals surface area contributed by atoms with Crippen molar-refractivity contribution in [2.75, 3.05) is 19.6 Å². The number of aryl methyl sites for hydroxylation is 2. The molecule has 1 aliphatic rings. The first kappa shape index (κ1) is 15.0. The van der Waals surface area contributed by atoms with Crippen LogP contribution in [0, 0.1) is 18.8 Å². The van der Waals surface area contributed by atoms with Gasteiger partial charge in [-0.15, -0.1) is 0 Å². The molecule has 2 rings (SSSR count). The van der Waals surface area contributed by atoms with Crippen LogP contribution in [-0.4, -0.2) is 25.5 Å². The van der Waals surface area contributed by atoms with Gasteiger partial charge in [0.1, 0.15) is 0 Å². The summed E-state index contributed by atoms with van der Waals surface area (Å²) < 4.78 is 0. The fourth-order valence-electron chi connectivity index (χ4n) is 2.79. The van der Waals surface area contributed by atoms with Gasteiger partial charge in [0, 0.05) is 13.0 Å². The Morgan fingerprint density at radius 2 is 2.30 bits per heavy atom. The highest BCUT2D eigenvalue weighted by Gasteiger charge is 2.21. The molecule has 1 aromatic carbocycles. The first-order valence-corrected chi connectivity index (χ1v) is 7.68. The molecule has 2 N–H and O–H groups in total. The van der Waals surface area contributed by atoms with Gasteiger partial charge in [-0.05, 0) is 50.3 Å². The summed E-state index contributed by atoms with van der Waals surface area (Å²) in [7, 11) is 0. The molecule has 2 atom stereocenters. The highest BCUT2D eigenvalue weighted by molar-refractivity contribution is 5.76. The maximum absolute atomic E-state index is 11.9. The van der Waals surface area contributed by atoms with Crippen molar-refractivity contribution in [3.05, 3.63) is 35.4 Å². The van der Waals surface area contributed by atoms with Gasteiger partial charge in [0.2, 0.25) is 5.91 Å².